The first-order chi connectivity index (χ1) is 6.76. The molecule has 74 valence electrons. The Hall–Kier alpha value is -0.320. The van der Waals surface area contributed by atoms with Gasteiger partial charge in [-0.05, 0) is 18.4 Å². The molecule has 0 radical (unpaired) electrons. The van der Waals surface area contributed by atoms with Crippen LogP contribution in [0.2, 0.25) is 0 Å². The summed E-state index contributed by atoms with van der Waals surface area (Å²) in [6.45, 7) is 0. The van der Waals surface area contributed by atoms with Crippen molar-refractivity contribution in [1.29, 1.82) is 0 Å². The Morgan fingerprint density at radius 3 is 2.86 bits per heavy atom. The molecular formula is C10H10OS3. The first-order valence-corrected chi connectivity index (χ1v) is 6.63. The number of fused-ring (bicyclic) bond motifs is 1. The summed E-state index contributed by atoms with van der Waals surface area (Å²) in [6, 6.07) is 4.23. The molecule has 14 heavy (non-hydrogen) atoms. The minimum atomic E-state index is 0.915. The molecule has 4 heteroatoms. The van der Waals surface area contributed by atoms with Crippen molar-refractivity contribution >= 4 is 45.8 Å². The highest BCUT2D eigenvalue weighted by molar-refractivity contribution is 7.98. The highest BCUT2D eigenvalue weighted by atomic mass is 32.2. The quantitative estimate of drug-likeness (QED) is 0.631. The van der Waals surface area contributed by atoms with E-state index in [9.17, 15) is 0 Å². The second-order valence-corrected chi connectivity index (χ2v) is 5.10. The molecule has 1 nitrogen and oxygen atoms in total. The SMILES string of the molecule is COc1cc(SC)cc2scc(S)c12. The molecule has 1 heterocycles. The fourth-order valence-electron chi connectivity index (χ4n) is 1.37. The minimum absolute atomic E-state index is 0.915. The Morgan fingerprint density at radius 1 is 1.43 bits per heavy atom. The van der Waals surface area contributed by atoms with Gasteiger partial charge in [-0.3, -0.25) is 0 Å². The van der Waals surface area contributed by atoms with Crippen LogP contribution in [-0.4, -0.2) is 13.4 Å². The van der Waals surface area contributed by atoms with Gasteiger partial charge in [-0.1, -0.05) is 0 Å². The molecule has 0 aliphatic rings. The Morgan fingerprint density at radius 2 is 2.21 bits per heavy atom. The van der Waals surface area contributed by atoms with Gasteiger partial charge in [0.25, 0.3) is 0 Å². The number of methoxy groups -OCH3 is 1. The van der Waals surface area contributed by atoms with Crippen molar-refractivity contribution in [2.75, 3.05) is 13.4 Å². The van der Waals surface area contributed by atoms with E-state index in [4.69, 9.17) is 4.74 Å². The summed E-state index contributed by atoms with van der Waals surface area (Å²) < 4.78 is 6.59. The van der Waals surface area contributed by atoms with Gasteiger partial charge in [0.2, 0.25) is 0 Å². The summed E-state index contributed by atoms with van der Waals surface area (Å²) in [5.41, 5.74) is 0. The van der Waals surface area contributed by atoms with E-state index in [1.165, 1.54) is 9.60 Å². The van der Waals surface area contributed by atoms with Gasteiger partial charge in [0, 0.05) is 25.3 Å². The largest absolute Gasteiger partial charge is 0.496 e. The third kappa shape index (κ3) is 1.62. The van der Waals surface area contributed by atoms with E-state index in [-0.39, 0.29) is 0 Å². The molecule has 0 fully saturated rings. The molecule has 0 aliphatic heterocycles. The Bertz CT molecular complexity index is 462. The molecule has 0 saturated carbocycles. The first-order valence-electron chi connectivity index (χ1n) is 4.08. The summed E-state index contributed by atoms with van der Waals surface area (Å²) in [7, 11) is 1.70. The number of benzene rings is 1. The van der Waals surface area contributed by atoms with Crippen molar-refractivity contribution < 1.29 is 4.74 Å². The van der Waals surface area contributed by atoms with E-state index >= 15 is 0 Å². The molecule has 1 aromatic carbocycles. The van der Waals surface area contributed by atoms with E-state index in [1.807, 2.05) is 5.38 Å². The predicted molar refractivity (Wildman–Crippen MR) is 67.4 cm³/mol. The van der Waals surface area contributed by atoms with E-state index in [1.54, 1.807) is 30.2 Å². The van der Waals surface area contributed by atoms with Crippen molar-refractivity contribution in [3.8, 4) is 5.75 Å². The topological polar surface area (TPSA) is 9.23 Å². The molecule has 0 unspecified atom stereocenters. The van der Waals surface area contributed by atoms with E-state index in [2.05, 4.69) is 31.0 Å². The number of hydrogen-bond acceptors (Lipinski definition) is 4. The molecule has 2 rings (SSSR count). The number of thioether (sulfide) groups is 1. The molecule has 0 amide bonds. The minimum Gasteiger partial charge on any atom is -0.496 e. The van der Waals surface area contributed by atoms with Crippen LogP contribution >= 0.6 is 35.7 Å². The van der Waals surface area contributed by atoms with Crippen LogP contribution in [0.1, 0.15) is 0 Å². The van der Waals surface area contributed by atoms with E-state index in [0.717, 1.165) is 16.0 Å². The van der Waals surface area contributed by atoms with Gasteiger partial charge in [0.15, 0.2) is 0 Å². The molecule has 0 saturated heterocycles. The van der Waals surface area contributed by atoms with Crippen molar-refractivity contribution in [3.05, 3.63) is 17.5 Å². The van der Waals surface area contributed by atoms with Gasteiger partial charge < -0.3 is 4.74 Å². The van der Waals surface area contributed by atoms with Crippen LogP contribution in [0.15, 0.2) is 27.3 Å². The van der Waals surface area contributed by atoms with Crippen molar-refractivity contribution in [2.24, 2.45) is 0 Å². The number of thiophene rings is 1. The average Bonchev–Trinajstić information content (AvgIpc) is 2.59. The standard InChI is InChI=1S/C10H10OS3/c1-11-7-3-6(13-2)4-9-10(7)8(12)5-14-9/h3-5,12H,1-2H3. The monoisotopic (exact) mass is 242 g/mol. The Kier molecular flexibility index (Phi) is 2.95. The van der Waals surface area contributed by atoms with Crippen LogP contribution < -0.4 is 4.74 Å². The lowest BCUT2D eigenvalue weighted by Crippen LogP contribution is -1.84. The van der Waals surface area contributed by atoms with Crippen LogP contribution in [0.5, 0.6) is 5.75 Å². The highest BCUT2D eigenvalue weighted by Gasteiger charge is 2.08. The number of thiol groups is 1. The number of hydrogen-bond donors (Lipinski definition) is 1. The fraction of sp³-hybridized carbons (Fsp3) is 0.200. The summed E-state index contributed by atoms with van der Waals surface area (Å²) in [4.78, 5) is 2.22. The molecule has 2 aromatic rings. The van der Waals surface area contributed by atoms with Crippen LogP contribution in [0, 0.1) is 0 Å². The number of ether oxygens (including phenoxy) is 1. The van der Waals surface area contributed by atoms with Crippen LogP contribution in [0.3, 0.4) is 0 Å². The van der Waals surface area contributed by atoms with Crippen LogP contribution in [0.25, 0.3) is 10.1 Å². The van der Waals surface area contributed by atoms with Gasteiger partial charge >= 0.3 is 0 Å². The average molecular weight is 242 g/mol. The molecule has 0 aliphatic carbocycles. The van der Waals surface area contributed by atoms with E-state index in [0.29, 0.717) is 0 Å². The van der Waals surface area contributed by atoms with Crippen LogP contribution in [-0.2, 0) is 0 Å². The van der Waals surface area contributed by atoms with Gasteiger partial charge in [0.05, 0.1) is 7.11 Å². The maximum atomic E-state index is 5.35. The fourth-order valence-corrected chi connectivity index (χ4v) is 3.25. The maximum Gasteiger partial charge on any atom is 0.129 e. The van der Waals surface area contributed by atoms with Crippen molar-refractivity contribution in [3.63, 3.8) is 0 Å². The van der Waals surface area contributed by atoms with Gasteiger partial charge in [-0.2, -0.15) is 0 Å². The lowest BCUT2D eigenvalue weighted by atomic mass is 10.2. The zero-order valence-corrected chi connectivity index (χ0v) is 10.4. The second-order valence-electron chi connectivity index (χ2n) is 2.82. The first kappa shape index (κ1) is 10.2. The third-order valence-electron chi connectivity index (χ3n) is 2.05. The van der Waals surface area contributed by atoms with E-state index < -0.39 is 0 Å². The highest BCUT2D eigenvalue weighted by Crippen LogP contribution is 2.38. The van der Waals surface area contributed by atoms with Gasteiger partial charge in [-0.25, -0.2) is 0 Å². The van der Waals surface area contributed by atoms with Crippen molar-refractivity contribution in [2.45, 2.75) is 9.79 Å². The summed E-state index contributed by atoms with van der Waals surface area (Å²) in [5, 5.41) is 3.17. The molecule has 0 atom stereocenters. The normalized spacial score (nSPS) is 10.8. The molecule has 0 N–H and O–H groups in total. The maximum absolute atomic E-state index is 5.35. The zero-order chi connectivity index (χ0) is 10.1. The predicted octanol–water partition coefficient (Wildman–Crippen LogP) is 3.92. The lowest BCUT2D eigenvalue weighted by Gasteiger charge is -2.05. The molecule has 1 aromatic heterocycles. The van der Waals surface area contributed by atoms with Crippen LogP contribution in [0.4, 0.5) is 0 Å². The van der Waals surface area contributed by atoms with Gasteiger partial charge in [-0.15, -0.1) is 35.7 Å². The zero-order valence-electron chi connectivity index (χ0n) is 7.90. The molecule has 0 bridgehead atoms. The molecule has 0 spiro atoms. The lowest BCUT2D eigenvalue weighted by molar-refractivity contribution is 0.418. The Balaban J connectivity index is 2.76. The smallest absolute Gasteiger partial charge is 0.129 e. The number of rotatable bonds is 2. The third-order valence-corrected chi connectivity index (χ3v) is 4.21. The summed E-state index contributed by atoms with van der Waals surface area (Å²) in [5.74, 6) is 0.915. The molecular weight excluding hydrogens is 232 g/mol. The van der Waals surface area contributed by atoms with Gasteiger partial charge in [0.1, 0.15) is 5.75 Å². The second kappa shape index (κ2) is 4.04. The summed E-state index contributed by atoms with van der Waals surface area (Å²) in [6.07, 6.45) is 2.07. The Labute approximate surface area is 96.9 Å². The summed E-state index contributed by atoms with van der Waals surface area (Å²) >= 11 is 7.84. The van der Waals surface area contributed by atoms with Crippen molar-refractivity contribution in [1.82, 2.24) is 0 Å².